The van der Waals surface area contributed by atoms with Crippen molar-refractivity contribution in [2.45, 2.75) is 6.61 Å². The van der Waals surface area contributed by atoms with Gasteiger partial charge in [-0.1, -0.05) is 42.5 Å². The van der Waals surface area contributed by atoms with Gasteiger partial charge in [-0.05, 0) is 17.7 Å². The minimum atomic E-state index is -0.947. The summed E-state index contributed by atoms with van der Waals surface area (Å²) in [5, 5.41) is 0. The Bertz CT molecular complexity index is 649. The SMILES string of the molecule is O=[C]OC(=O)c1ccccc1C(=O)OCc1ccccc1. The largest absolute Gasteiger partial charge is 0.457 e. The van der Waals surface area contributed by atoms with Gasteiger partial charge in [0.05, 0.1) is 11.1 Å². The molecule has 0 aliphatic heterocycles. The minimum Gasteiger partial charge on any atom is -0.457 e. The topological polar surface area (TPSA) is 69.7 Å². The van der Waals surface area contributed by atoms with Crippen molar-refractivity contribution in [3.8, 4) is 0 Å². The first kappa shape index (κ1) is 14.5. The monoisotopic (exact) mass is 283 g/mol. The van der Waals surface area contributed by atoms with Gasteiger partial charge in [0.25, 0.3) is 0 Å². The first-order chi connectivity index (χ1) is 10.2. The van der Waals surface area contributed by atoms with E-state index in [-0.39, 0.29) is 17.7 Å². The quantitative estimate of drug-likeness (QED) is 0.622. The van der Waals surface area contributed by atoms with Crippen LogP contribution in [0, 0.1) is 0 Å². The lowest BCUT2D eigenvalue weighted by Crippen LogP contribution is -2.13. The van der Waals surface area contributed by atoms with Crippen LogP contribution in [0.1, 0.15) is 26.3 Å². The molecule has 0 amide bonds. The van der Waals surface area contributed by atoms with Crippen molar-refractivity contribution in [3.05, 3.63) is 71.3 Å². The fourth-order valence-corrected chi connectivity index (χ4v) is 1.73. The van der Waals surface area contributed by atoms with Crippen LogP contribution in [0.25, 0.3) is 0 Å². The summed E-state index contributed by atoms with van der Waals surface area (Å²) in [6, 6.07) is 15.1. The van der Waals surface area contributed by atoms with Crippen molar-refractivity contribution in [1.82, 2.24) is 0 Å². The molecule has 0 saturated carbocycles. The molecule has 21 heavy (non-hydrogen) atoms. The molecule has 0 N–H and O–H groups in total. The van der Waals surface area contributed by atoms with E-state index >= 15 is 0 Å². The lowest BCUT2D eigenvalue weighted by Gasteiger charge is -2.07. The predicted octanol–water partition coefficient (Wildman–Crippen LogP) is 2.27. The molecule has 0 aliphatic rings. The van der Waals surface area contributed by atoms with Crippen molar-refractivity contribution in [2.75, 3.05) is 0 Å². The van der Waals surface area contributed by atoms with E-state index in [1.54, 1.807) is 12.1 Å². The molecule has 5 heteroatoms. The van der Waals surface area contributed by atoms with Crippen LogP contribution < -0.4 is 0 Å². The van der Waals surface area contributed by atoms with Crippen LogP contribution in [0.15, 0.2) is 54.6 Å². The van der Waals surface area contributed by atoms with E-state index in [0.717, 1.165) is 12.0 Å². The lowest BCUT2D eigenvalue weighted by atomic mass is 10.1. The molecule has 5 nitrogen and oxygen atoms in total. The van der Waals surface area contributed by atoms with Gasteiger partial charge in [0.15, 0.2) is 0 Å². The molecule has 0 fully saturated rings. The fraction of sp³-hybridized carbons (Fsp3) is 0.0625. The maximum Gasteiger partial charge on any atom is 0.425 e. The Hall–Kier alpha value is -2.95. The van der Waals surface area contributed by atoms with Crippen molar-refractivity contribution in [1.29, 1.82) is 0 Å². The zero-order valence-electron chi connectivity index (χ0n) is 10.9. The first-order valence-electron chi connectivity index (χ1n) is 6.11. The summed E-state index contributed by atoms with van der Waals surface area (Å²) in [7, 11) is 0. The van der Waals surface area contributed by atoms with Crippen LogP contribution in [0.5, 0.6) is 0 Å². The summed E-state index contributed by atoms with van der Waals surface area (Å²) < 4.78 is 9.27. The van der Waals surface area contributed by atoms with E-state index in [1.807, 2.05) is 30.3 Å². The number of rotatable bonds is 5. The van der Waals surface area contributed by atoms with Crippen LogP contribution in [0.4, 0.5) is 0 Å². The maximum atomic E-state index is 12.0. The highest BCUT2D eigenvalue weighted by atomic mass is 16.6. The third-order valence-corrected chi connectivity index (χ3v) is 2.71. The number of benzene rings is 2. The molecule has 2 rings (SSSR count). The Labute approximate surface area is 121 Å². The number of esters is 2. The van der Waals surface area contributed by atoms with Gasteiger partial charge in [0, 0.05) is 0 Å². The van der Waals surface area contributed by atoms with Gasteiger partial charge in [-0.2, -0.15) is 0 Å². The molecule has 0 atom stereocenters. The van der Waals surface area contributed by atoms with Crippen molar-refractivity contribution in [2.24, 2.45) is 0 Å². The van der Waals surface area contributed by atoms with Crippen molar-refractivity contribution in [3.63, 3.8) is 0 Å². The van der Waals surface area contributed by atoms with Crippen LogP contribution in [0.2, 0.25) is 0 Å². The Morgan fingerprint density at radius 3 is 2.05 bits per heavy atom. The summed E-state index contributed by atoms with van der Waals surface area (Å²) in [6.07, 6.45) is 0. The highest BCUT2D eigenvalue weighted by Crippen LogP contribution is 2.13. The molecule has 0 bridgehead atoms. The van der Waals surface area contributed by atoms with E-state index in [4.69, 9.17) is 4.74 Å². The first-order valence-corrected chi connectivity index (χ1v) is 6.11. The van der Waals surface area contributed by atoms with E-state index in [9.17, 15) is 14.4 Å². The van der Waals surface area contributed by atoms with E-state index < -0.39 is 11.9 Å². The number of carbonyl (C=O) groups is 2. The van der Waals surface area contributed by atoms with Crippen molar-refractivity contribution < 1.29 is 23.9 Å². The molecule has 1 radical (unpaired) electrons. The molecule has 0 aromatic heterocycles. The van der Waals surface area contributed by atoms with Gasteiger partial charge in [-0.3, -0.25) is 0 Å². The average Bonchev–Trinajstić information content (AvgIpc) is 2.54. The third-order valence-electron chi connectivity index (χ3n) is 2.71. The molecule has 0 heterocycles. The third kappa shape index (κ3) is 3.76. The summed E-state index contributed by atoms with van der Waals surface area (Å²) in [5.41, 5.74) is 0.819. The molecular formula is C16H11O5. The molecule has 0 saturated heterocycles. The van der Waals surface area contributed by atoms with Crippen LogP contribution in [0.3, 0.4) is 0 Å². The van der Waals surface area contributed by atoms with Gasteiger partial charge >= 0.3 is 18.4 Å². The highest BCUT2D eigenvalue weighted by Gasteiger charge is 2.19. The maximum absolute atomic E-state index is 12.0. The van der Waals surface area contributed by atoms with E-state index in [0.29, 0.717) is 0 Å². The second-order valence-corrected chi connectivity index (χ2v) is 4.08. The average molecular weight is 283 g/mol. The fourth-order valence-electron chi connectivity index (χ4n) is 1.73. The summed E-state index contributed by atoms with van der Waals surface area (Å²) in [4.78, 5) is 33.7. The normalized spacial score (nSPS) is 9.71. The Kier molecular flexibility index (Phi) is 4.82. The van der Waals surface area contributed by atoms with Gasteiger partial charge in [-0.25, -0.2) is 14.4 Å². The standard InChI is InChI=1S/C16H11O5/c17-11-21-16(19)14-9-5-4-8-13(14)15(18)20-10-12-6-2-1-3-7-12/h1-9H,10H2. The number of hydrogen-bond donors (Lipinski definition) is 0. The lowest BCUT2D eigenvalue weighted by molar-refractivity contribution is 0.0464. The molecule has 2 aromatic carbocycles. The number of carbonyl (C=O) groups excluding carboxylic acids is 3. The molecule has 0 spiro atoms. The van der Waals surface area contributed by atoms with Gasteiger partial charge < -0.3 is 9.47 Å². The second kappa shape index (κ2) is 7.00. The summed E-state index contributed by atoms with van der Waals surface area (Å²) in [5.74, 6) is -1.62. The Morgan fingerprint density at radius 2 is 1.43 bits per heavy atom. The van der Waals surface area contributed by atoms with E-state index in [2.05, 4.69) is 4.74 Å². The molecule has 2 aromatic rings. The molecule has 105 valence electrons. The van der Waals surface area contributed by atoms with Crippen LogP contribution in [-0.4, -0.2) is 18.4 Å². The smallest absolute Gasteiger partial charge is 0.425 e. The van der Waals surface area contributed by atoms with Gasteiger partial charge in [0.1, 0.15) is 6.61 Å². The Morgan fingerprint density at radius 1 is 0.857 bits per heavy atom. The van der Waals surface area contributed by atoms with Crippen LogP contribution in [-0.2, 0) is 20.9 Å². The number of ether oxygens (including phenoxy) is 2. The molecule has 0 unspecified atom stereocenters. The molecule has 0 aliphatic carbocycles. The highest BCUT2D eigenvalue weighted by molar-refractivity contribution is 6.04. The zero-order chi connectivity index (χ0) is 15.1. The zero-order valence-corrected chi connectivity index (χ0v) is 10.9. The van der Waals surface area contributed by atoms with E-state index in [1.165, 1.54) is 12.1 Å². The number of hydrogen-bond acceptors (Lipinski definition) is 5. The second-order valence-electron chi connectivity index (χ2n) is 4.08. The minimum absolute atomic E-state index is 0.0358. The van der Waals surface area contributed by atoms with Crippen molar-refractivity contribution >= 4 is 18.4 Å². The molecular weight excluding hydrogens is 272 g/mol. The van der Waals surface area contributed by atoms with Gasteiger partial charge in [-0.15, -0.1) is 0 Å². The predicted molar refractivity (Wildman–Crippen MR) is 73.1 cm³/mol. The Balaban J connectivity index is 2.12. The van der Waals surface area contributed by atoms with Crippen LogP contribution >= 0.6 is 0 Å². The van der Waals surface area contributed by atoms with Gasteiger partial charge in [0.2, 0.25) is 0 Å². The summed E-state index contributed by atoms with van der Waals surface area (Å²) >= 11 is 0. The summed E-state index contributed by atoms with van der Waals surface area (Å²) in [6.45, 7) is 1.12.